The lowest BCUT2D eigenvalue weighted by atomic mass is 10.00. The van der Waals surface area contributed by atoms with Crippen molar-refractivity contribution in [1.82, 2.24) is 14.9 Å². The van der Waals surface area contributed by atoms with Crippen LogP contribution < -0.4 is 9.62 Å². The van der Waals surface area contributed by atoms with Crippen LogP contribution in [0.15, 0.2) is 77.2 Å². The van der Waals surface area contributed by atoms with Crippen molar-refractivity contribution >= 4 is 43.5 Å². The topological polar surface area (TPSA) is 97.4 Å². The highest BCUT2D eigenvalue weighted by atomic mass is 32.2. The number of benzene rings is 3. The number of hydrogen-bond donors (Lipinski definition) is 1. The largest absolute Gasteiger partial charge is 0.455 e. The number of carbonyl (C=O) groups excluding carboxylic acids is 1. The average molecular weight is 599 g/mol. The van der Waals surface area contributed by atoms with Crippen LogP contribution in [-0.2, 0) is 16.6 Å². The maximum absolute atomic E-state index is 14.6. The van der Waals surface area contributed by atoms with Gasteiger partial charge < -0.3 is 14.3 Å². The lowest BCUT2D eigenvalue weighted by Gasteiger charge is -2.20. The fourth-order valence-corrected chi connectivity index (χ4v) is 6.21. The molecule has 1 aliphatic heterocycles. The number of hydrogen-bond acceptors (Lipinski definition) is 5. The van der Waals surface area contributed by atoms with Crippen LogP contribution in [0.4, 0.5) is 14.5 Å². The number of furan rings is 1. The predicted molar refractivity (Wildman–Crippen MR) is 161 cm³/mol. The van der Waals surface area contributed by atoms with Gasteiger partial charge in [-0.25, -0.2) is 22.2 Å². The highest BCUT2D eigenvalue weighted by molar-refractivity contribution is 7.92. The number of sulfonamides is 1. The first-order valence-electron chi connectivity index (χ1n) is 13.4. The summed E-state index contributed by atoms with van der Waals surface area (Å²) in [7, 11) is -0.801. The molecule has 0 fully saturated rings. The number of fused-ring (bicyclic) bond motifs is 6. The Hall–Kier alpha value is -5.03. The molecule has 4 heterocycles. The molecule has 1 N–H and O–H groups in total. The van der Waals surface area contributed by atoms with Crippen molar-refractivity contribution < 1.29 is 26.4 Å². The van der Waals surface area contributed by atoms with Crippen molar-refractivity contribution in [2.24, 2.45) is 0 Å². The normalized spacial score (nSPS) is 12.5. The molecule has 0 radical (unpaired) electrons. The standard InChI is InChI=1S/C32H24F2N4O4S/c1-35-32(39)29-22-13-21(24-12-9-18-16-38-25-6-4-5-23(34)20(25)14-27(38)30(18)36-24)26(37(2)43(3,40)41)15-28(22)42-31(29)17-7-10-19(33)11-8-17/h4-15H,16H2,1-3H3,(H,35,39). The minimum Gasteiger partial charge on any atom is -0.455 e. The van der Waals surface area contributed by atoms with Gasteiger partial charge in [-0.2, -0.15) is 0 Å². The van der Waals surface area contributed by atoms with E-state index in [1.165, 1.54) is 44.4 Å². The number of anilines is 1. The number of pyridine rings is 1. The fraction of sp³-hybridized carbons (Fsp3) is 0.125. The van der Waals surface area contributed by atoms with Crippen molar-refractivity contribution in [3.8, 4) is 34.0 Å². The van der Waals surface area contributed by atoms with E-state index in [-0.39, 0.29) is 28.4 Å². The summed E-state index contributed by atoms with van der Waals surface area (Å²) in [6, 6.07) is 19.2. The Bertz CT molecular complexity index is 2240. The van der Waals surface area contributed by atoms with Gasteiger partial charge in [0.2, 0.25) is 10.0 Å². The minimum atomic E-state index is -3.72. The maximum atomic E-state index is 14.6. The molecule has 0 spiro atoms. The second-order valence-corrected chi connectivity index (χ2v) is 12.5. The quantitative estimate of drug-likeness (QED) is 0.255. The summed E-state index contributed by atoms with van der Waals surface area (Å²) in [5.41, 5.74) is 5.27. The number of amides is 1. The first-order valence-corrected chi connectivity index (χ1v) is 15.2. The van der Waals surface area contributed by atoms with Crippen LogP contribution in [0.5, 0.6) is 0 Å². The van der Waals surface area contributed by atoms with Gasteiger partial charge in [0, 0.05) is 42.1 Å². The Morgan fingerprint density at radius 1 is 1.02 bits per heavy atom. The molecule has 3 aromatic carbocycles. The van der Waals surface area contributed by atoms with Crippen LogP contribution in [0.3, 0.4) is 0 Å². The summed E-state index contributed by atoms with van der Waals surface area (Å²) in [5, 5.41) is 3.56. The lowest BCUT2D eigenvalue weighted by Crippen LogP contribution is -2.25. The average Bonchev–Trinajstić information content (AvgIpc) is 3.66. The molecule has 0 saturated heterocycles. The molecule has 43 heavy (non-hydrogen) atoms. The van der Waals surface area contributed by atoms with Crippen molar-refractivity contribution in [3.63, 3.8) is 0 Å². The monoisotopic (exact) mass is 598 g/mol. The van der Waals surface area contributed by atoms with Gasteiger partial charge in [0.25, 0.3) is 5.91 Å². The highest BCUT2D eigenvalue weighted by Crippen LogP contribution is 2.43. The van der Waals surface area contributed by atoms with Gasteiger partial charge in [-0.3, -0.25) is 9.10 Å². The van der Waals surface area contributed by atoms with Crippen molar-refractivity contribution in [3.05, 3.63) is 95.6 Å². The molecule has 6 aromatic rings. The third-order valence-electron chi connectivity index (χ3n) is 7.92. The number of rotatable bonds is 5. The summed E-state index contributed by atoms with van der Waals surface area (Å²) in [6.45, 7) is 0.517. The van der Waals surface area contributed by atoms with E-state index in [1.807, 2.05) is 16.7 Å². The van der Waals surface area contributed by atoms with E-state index in [0.29, 0.717) is 39.8 Å². The molecule has 0 aliphatic carbocycles. The van der Waals surface area contributed by atoms with Crippen molar-refractivity contribution in [2.75, 3.05) is 24.7 Å². The molecule has 1 amide bonds. The zero-order valence-corrected chi connectivity index (χ0v) is 24.1. The number of nitrogens with one attached hydrogen (secondary N) is 1. The van der Waals surface area contributed by atoms with Gasteiger partial charge in [0.15, 0.2) is 0 Å². The van der Waals surface area contributed by atoms with E-state index in [4.69, 9.17) is 9.40 Å². The maximum Gasteiger partial charge on any atom is 0.255 e. The summed E-state index contributed by atoms with van der Waals surface area (Å²) >= 11 is 0. The van der Waals surface area contributed by atoms with Crippen LogP contribution in [0, 0.1) is 11.6 Å². The van der Waals surface area contributed by atoms with Crippen LogP contribution >= 0.6 is 0 Å². The second kappa shape index (κ2) is 9.50. The Morgan fingerprint density at radius 2 is 1.79 bits per heavy atom. The summed E-state index contributed by atoms with van der Waals surface area (Å²) in [6.07, 6.45) is 1.09. The van der Waals surface area contributed by atoms with Crippen LogP contribution in [0.25, 0.3) is 55.8 Å². The van der Waals surface area contributed by atoms with Crippen LogP contribution in [0.1, 0.15) is 15.9 Å². The van der Waals surface area contributed by atoms with E-state index in [9.17, 15) is 22.0 Å². The molecule has 0 saturated carbocycles. The first kappa shape index (κ1) is 26.8. The molecule has 0 unspecified atom stereocenters. The molecule has 7 rings (SSSR count). The summed E-state index contributed by atoms with van der Waals surface area (Å²) < 4.78 is 63.0. The number of carbonyl (C=O) groups is 1. The highest BCUT2D eigenvalue weighted by Gasteiger charge is 2.28. The Labute approximate surface area is 245 Å². The van der Waals surface area contributed by atoms with Crippen molar-refractivity contribution in [1.29, 1.82) is 0 Å². The van der Waals surface area contributed by atoms with E-state index >= 15 is 0 Å². The molecule has 3 aromatic heterocycles. The Kier molecular flexibility index (Phi) is 5.93. The molecule has 1 aliphatic rings. The molecule has 8 nitrogen and oxygen atoms in total. The number of nitrogens with zero attached hydrogens (tertiary/aromatic N) is 3. The van der Waals surface area contributed by atoms with Gasteiger partial charge in [0.1, 0.15) is 23.0 Å². The predicted octanol–water partition coefficient (Wildman–Crippen LogP) is 6.18. The molecule has 0 bridgehead atoms. The van der Waals surface area contributed by atoms with Crippen molar-refractivity contribution in [2.45, 2.75) is 6.54 Å². The summed E-state index contributed by atoms with van der Waals surface area (Å²) in [4.78, 5) is 18.1. The summed E-state index contributed by atoms with van der Waals surface area (Å²) in [5.74, 6) is -0.974. The Balaban J connectivity index is 1.49. The molecule has 11 heteroatoms. The van der Waals surface area contributed by atoms with E-state index in [1.54, 1.807) is 30.3 Å². The minimum absolute atomic E-state index is 0.216. The number of halogens is 2. The smallest absolute Gasteiger partial charge is 0.255 e. The molecular formula is C32H24F2N4O4S. The van der Waals surface area contributed by atoms with E-state index < -0.39 is 21.7 Å². The second-order valence-electron chi connectivity index (χ2n) is 10.5. The van der Waals surface area contributed by atoms with Crippen LogP contribution in [0.2, 0.25) is 0 Å². The number of aromatic nitrogens is 2. The molecule has 216 valence electrons. The van der Waals surface area contributed by atoms with Crippen LogP contribution in [-0.4, -0.2) is 44.2 Å². The van der Waals surface area contributed by atoms with E-state index in [0.717, 1.165) is 27.3 Å². The van der Waals surface area contributed by atoms with Gasteiger partial charge >= 0.3 is 0 Å². The lowest BCUT2D eigenvalue weighted by molar-refractivity contribution is 0.0964. The molecular weight excluding hydrogens is 574 g/mol. The van der Waals surface area contributed by atoms with E-state index in [2.05, 4.69) is 5.32 Å². The van der Waals surface area contributed by atoms with Gasteiger partial charge in [-0.05, 0) is 60.2 Å². The third kappa shape index (κ3) is 4.18. The third-order valence-corrected chi connectivity index (χ3v) is 9.11. The Morgan fingerprint density at radius 3 is 2.51 bits per heavy atom. The van der Waals surface area contributed by atoms with Gasteiger partial charge in [-0.15, -0.1) is 0 Å². The fourth-order valence-electron chi connectivity index (χ4n) is 5.70. The first-order chi connectivity index (χ1) is 20.5. The van der Waals surface area contributed by atoms with Gasteiger partial charge in [-0.1, -0.05) is 12.1 Å². The zero-order chi connectivity index (χ0) is 30.2. The SMILES string of the molecule is CNC(=O)c1c(-c2ccc(F)cc2)oc2cc(N(C)S(C)(=O)=O)c(-c3ccc4c(n3)-c3cc5c(F)cccc5n3C4)cc12. The zero-order valence-electron chi connectivity index (χ0n) is 23.3. The molecule has 0 atom stereocenters. The van der Waals surface area contributed by atoms with Gasteiger partial charge in [0.05, 0.1) is 46.6 Å².